The Morgan fingerprint density at radius 2 is 2.15 bits per heavy atom. The highest BCUT2D eigenvalue weighted by Crippen LogP contribution is 2.43. The second-order valence-electron chi connectivity index (χ2n) is 5.44. The molecule has 0 atom stereocenters. The van der Waals surface area contributed by atoms with Crippen LogP contribution in [-0.4, -0.2) is 25.7 Å². The van der Waals surface area contributed by atoms with E-state index in [4.69, 9.17) is 11.6 Å². The fourth-order valence-electron chi connectivity index (χ4n) is 3.22. The van der Waals surface area contributed by atoms with E-state index in [9.17, 15) is 9.90 Å². The summed E-state index contributed by atoms with van der Waals surface area (Å²) < 4.78 is 1.76. The molecule has 0 radical (unpaired) electrons. The SMILES string of the molecule is CCC1(c2nnc3c(Cl)cc(C(=O)O)cn23)CCCC1. The predicted octanol–water partition coefficient (Wildman–Crippen LogP) is 3.30. The summed E-state index contributed by atoms with van der Waals surface area (Å²) in [6, 6.07) is 1.42. The van der Waals surface area contributed by atoms with Crippen molar-refractivity contribution in [1.82, 2.24) is 14.6 Å². The van der Waals surface area contributed by atoms with E-state index in [-0.39, 0.29) is 11.0 Å². The van der Waals surface area contributed by atoms with Crippen LogP contribution in [0.4, 0.5) is 0 Å². The molecule has 20 heavy (non-hydrogen) atoms. The molecule has 0 aromatic carbocycles. The van der Waals surface area contributed by atoms with Crippen LogP contribution in [0.15, 0.2) is 12.3 Å². The molecule has 0 bridgehead atoms. The summed E-state index contributed by atoms with van der Waals surface area (Å²) in [5.74, 6) is -0.150. The summed E-state index contributed by atoms with van der Waals surface area (Å²) in [6.45, 7) is 2.15. The van der Waals surface area contributed by atoms with Crippen molar-refractivity contribution in [3.05, 3.63) is 28.7 Å². The van der Waals surface area contributed by atoms with E-state index in [0.717, 1.165) is 25.1 Å². The molecule has 0 spiro atoms. The highest BCUT2D eigenvalue weighted by atomic mass is 35.5. The Balaban J connectivity index is 2.24. The van der Waals surface area contributed by atoms with Crippen LogP contribution >= 0.6 is 11.6 Å². The van der Waals surface area contributed by atoms with Gasteiger partial charge in [-0.05, 0) is 25.3 Å². The van der Waals surface area contributed by atoms with Gasteiger partial charge >= 0.3 is 5.97 Å². The molecule has 0 amide bonds. The maximum absolute atomic E-state index is 11.2. The first-order valence-corrected chi connectivity index (χ1v) is 7.23. The second-order valence-corrected chi connectivity index (χ2v) is 5.85. The molecule has 6 heteroatoms. The molecule has 1 aliphatic rings. The van der Waals surface area contributed by atoms with Gasteiger partial charge in [0, 0.05) is 11.6 Å². The monoisotopic (exact) mass is 293 g/mol. The van der Waals surface area contributed by atoms with Crippen LogP contribution in [0.2, 0.25) is 5.02 Å². The number of hydrogen-bond acceptors (Lipinski definition) is 3. The standard InChI is InChI=1S/C14H16ClN3O2/c1-2-14(5-3-4-6-14)13-17-16-11-10(15)7-9(12(19)20)8-18(11)13/h7-8H,2-6H2,1H3,(H,19,20). The fourth-order valence-corrected chi connectivity index (χ4v) is 3.47. The van der Waals surface area contributed by atoms with Gasteiger partial charge in [0.15, 0.2) is 5.65 Å². The van der Waals surface area contributed by atoms with E-state index in [1.54, 1.807) is 10.6 Å². The van der Waals surface area contributed by atoms with Gasteiger partial charge in [0.25, 0.3) is 0 Å². The first kappa shape index (κ1) is 13.4. The lowest BCUT2D eigenvalue weighted by molar-refractivity contribution is 0.0696. The zero-order chi connectivity index (χ0) is 14.3. The molecule has 2 aromatic heterocycles. The van der Waals surface area contributed by atoms with Crippen molar-refractivity contribution in [2.45, 2.75) is 44.4 Å². The molecule has 0 aliphatic heterocycles. The van der Waals surface area contributed by atoms with Crippen LogP contribution in [0.5, 0.6) is 0 Å². The minimum absolute atomic E-state index is 0.000127. The van der Waals surface area contributed by atoms with Crippen LogP contribution in [0.1, 0.15) is 55.2 Å². The lowest BCUT2D eigenvalue weighted by Crippen LogP contribution is -2.24. The number of fused-ring (bicyclic) bond motifs is 1. The number of aromatic carboxylic acids is 1. The normalized spacial score (nSPS) is 17.7. The molecule has 0 saturated heterocycles. The van der Waals surface area contributed by atoms with E-state index in [1.807, 2.05) is 0 Å². The molecule has 1 N–H and O–H groups in total. The molecule has 106 valence electrons. The van der Waals surface area contributed by atoms with Gasteiger partial charge in [-0.2, -0.15) is 0 Å². The molecule has 2 heterocycles. The molecule has 5 nitrogen and oxygen atoms in total. The molecular weight excluding hydrogens is 278 g/mol. The Bertz CT molecular complexity index is 674. The maximum atomic E-state index is 11.2. The Morgan fingerprint density at radius 3 is 2.75 bits per heavy atom. The van der Waals surface area contributed by atoms with Gasteiger partial charge in [-0.1, -0.05) is 31.4 Å². The fraction of sp³-hybridized carbons (Fsp3) is 0.500. The number of carboxylic acids is 1. The molecule has 2 aromatic rings. The Morgan fingerprint density at radius 1 is 1.45 bits per heavy atom. The van der Waals surface area contributed by atoms with Crippen molar-refractivity contribution in [3.63, 3.8) is 0 Å². The van der Waals surface area contributed by atoms with Gasteiger partial charge < -0.3 is 5.11 Å². The number of halogens is 1. The van der Waals surface area contributed by atoms with Crippen LogP contribution in [-0.2, 0) is 5.41 Å². The average molecular weight is 294 g/mol. The van der Waals surface area contributed by atoms with Crippen molar-refractivity contribution in [1.29, 1.82) is 0 Å². The van der Waals surface area contributed by atoms with Crippen molar-refractivity contribution < 1.29 is 9.90 Å². The van der Waals surface area contributed by atoms with Gasteiger partial charge in [0.2, 0.25) is 0 Å². The Labute approximate surface area is 121 Å². The third kappa shape index (κ3) is 1.88. The van der Waals surface area contributed by atoms with Crippen LogP contribution in [0, 0.1) is 0 Å². The summed E-state index contributed by atoms with van der Waals surface area (Å²) in [5.41, 5.74) is 0.694. The topological polar surface area (TPSA) is 67.5 Å². The third-order valence-electron chi connectivity index (χ3n) is 4.42. The number of carboxylic acid groups (broad SMARTS) is 1. The summed E-state index contributed by atoms with van der Waals surface area (Å²) >= 11 is 6.13. The number of pyridine rings is 1. The first-order chi connectivity index (χ1) is 9.57. The van der Waals surface area contributed by atoms with Crippen molar-refractivity contribution in [3.8, 4) is 0 Å². The summed E-state index contributed by atoms with van der Waals surface area (Å²) in [4.78, 5) is 11.2. The zero-order valence-electron chi connectivity index (χ0n) is 11.3. The number of rotatable bonds is 3. The van der Waals surface area contributed by atoms with Crippen molar-refractivity contribution in [2.24, 2.45) is 0 Å². The van der Waals surface area contributed by atoms with Gasteiger partial charge in [-0.25, -0.2) is 4.79 Å². The zero-order valence-corrected chi connectivity index (χ0v) is 12.0. The van der Waals surface area contributed by atoms with Crippen LogP contribution in [0.3, 0.4) is 0 Å². The highest BCUT2D eigenvalue weighted by Gasteiger charge is 2.38. The third-order valence-corrected chi connectivity index (χ3v) is 4.70. The smallest absolute Gasteiger partial charge is 0.337 e. The summed E-state index contributed by atoms with van der Waals surface area (Å²) in [5, 5.41) is 18.0. The maximum Gasteiger partial charge on any atom is 0.337 e. The van der Waals surface area contributed by atoms with Gasteiger partial charge in [-0.15, -0.1) is 10.2 Å². The molecule has 0 unspecified atom stereocenters. The Hall–Kier alpha value is -1.62. The quantitative estimate of drug-likeness (QED) is 0.943. The average Bonchev–Trinajstić information content (AvgIpc) is 3.05. The minimum Gasteiger partial charge on any atom is -0.478 e. The van der Waals surface area contributed by atoms with Crippen molar-refractivity contribution >= 4 is 23.2 Å². The van der Waals surface area contributed by atoms with Gasteiger partial charge in [-0.3, -0.25) is 4.40 Å². The number of aromatic nitrogens is 3. The van der Waals surface area contributed by atoms with Gasteiger partial charge in [0.05, 0.1) is 10.6 Å². The molecule has 1 saturated carbocycles. The minimum atomic E-state index is -0.995. The number of carbonyl (C=O) groups is 1. The largest absolute Gasteiger partial charge is 0.478 e. The number of nitrogens with zero attached hydrogens (tertiary/aromatic N) is 3. The number of hydrogen-bond donors (Lipinski definition) is 1. The molecule has 1 aliphatic carbocycles. The lowest BCUT2D eigenvalue weighted by atomic mass is 9.82. The van der Waals surface area contributed by atoms with Crippen molar-refractivity contribution in [2.75, 3.05) is 0 Å². The molecular formula is C14H16ClN3O2. The Kier molecular flexibility index (Phi) is 3.17. The predicted molar refractivity (Wildman–Crippen MR) is 75.4 cm³/mol. The van der Waals surface area contributed by atoms with Gasteiger partial charge in [0.1, 0.15) is 5.82 Å². The lowest BCUT2D eigenvalue weighted by Gasteiger charge is -2.25. The second kappa shape index (κ2) is 4.74. The summed E-state index contributed by atoms with van der Waals surface area (Å²) in [6.07, 6.45) is 7.04. The molecule has 3 rings (SSSR count). The van der Waals surface area contributed by atoms with E-state index in [2.05, 4.69) is 17.1 Å². The highest BCUT2D eigenvalue weighted by molar-refractivity contribution is 6.33. The summed E-state index contributed by atoms with van der Waals surface area (Å²) in [7, 11) is 0. The van der Waals surface area contributed by atoms with Crippen LogP contribution in [0.25, 0.3) is 5.65 Å². The molecule has 1 fully saturated rings. The van der Waals surface area contributed by atoms with E-state index >= 15 is 0 Å². The first-order valence-electron chi connectivity index (χ1n) is 6.85. The van der Waals surface area contributed by atoms with E-state index in [1.165, 1.54) is 18.9 Å². The van der Waals surface area contributed by atoms with Crippen LogP contribution < -0.4 is 0 Å². The van der Waals surface area contributed by atoms with E-state index in [0.29, 0.717) is 10.7 Å². The van der Waals surface area contributed by atoms with E-state index < -0.39 is 5.97 Å².